The van der Waals surface area contributed by atoms with Crippen molar-refractivity contribution in [1.82, 2.24) is 10.2 Å². The summed E-state index contributed by atoms with van der Waals surface area (Å²) in [6.45, 7) is 5.00. The van der Waals surface area contributed by atoms with Crippen LogP contribution < -0.4 is 10.1 Å². The van der Waals surface area contributed by atoms with E-state index in [1.54, 1.807) is 23.8 Å². The summed E-state index contributed by atoms with van der Waals surface area (Å²) in [6, 6.07) is 17.4. The fourth-order valence-electron chi connectivity index (χ4n) is 3.28. The Labute approximate surface area is 190 Å². The number of carbonyl (C=O) groups excluding carboxylic acids is 2. The van der Waals surface area contributed by atoms with Crippen molar-refractivity contribution in [1.29, 1.82) is 0 Å². The summed E-state index contributed by atoms with van der Waals surface area (Å²) in [6.07, 6.45) is 1.85. The molecule has 0 heterocycles. The molecule has 1 atom stereocenters. The third-order valence-corrected chi connectivity index (χ3v) is 6.05. The Kier molecular flexibility index (Phi) is 11.0. The van der Waals surface area contributed by atoms with Crippen LogP contribution in [0.4, 0.5) is 0 Å². The minimum atomic E-state index is -0.472. The molecule has 0 spiro atoms. The van der Waals surface area contributed by atoms with Crippen molar-refractivity contribution >= 4 is 23.6 Å². The first kappa shape index (κ1) is 24.8. The zero-order chi connectivity index (χ0) is 22.5. The largest absolute Gasteiger partial charge is 0.497 e. The SMILES string of the molecule is CCCNC(=O)C(CC)N(Cc1ccc(OC)cc1)C(=O)CCSCc1ccccc1. The summed E-state index contributed by atoms with van der Waals surface area (Å²) in [5, 5.41) is 2.95. The molecule has 2 aromatic carbocycles. The third kappa shape index (κ3) is 8.29. The van der Waals surface area contributed by atoms with E-state index in [9.17, 15) is 9.59 Å². The van der Waals surface area contributed by atoms with Crippen LogP contribution in [-0.4, -0.2) is 42.2 Å². The fraction of sp³-hybridized carbons (Fsp3) is 0.440. The van der Waals surface area contributed by atoms with Gasteiger partial charge in [-0.1, -0.05) is 56.3 Å². The van der Waals surface area contributed by atoms with Gasteiger partial charge in [0.1, 0.15) is 11.8 Å². The standard InChI is InChI=1S/C25H34N2O3S/c1-4-16-26-25(29)23(5-2)27(18-20-11-13-22(30-3)14-12-20)24(28)15-17-31-19-21-9-7-6-8-10-21/h6-14,23H,4-5,15-19H2,1-3H3,(H,26,29). The van der Waals surface area contributed by atoms with Crippen molar-refractivity contribution in [2.24, 2.45) is 0 Å². The number of nitrogens with zero attached hydrogens (tertiary/aromatic N) is 1. The average molecular weight is 443 g/mol. The van der Waals surface area contributed by atoms with Crippen molar-refractivity contribution in [3.05, 3.63) is 65.7 Å². The van der Waals surface area contributed by atoms with Gasteiger partial charge in [0, 0.05) is 31.0 Å². The second-order valence-corrected chi connectivity index (χ2v) is 8.48. The second-order valence-electron chi connectivity index (χ2n) is 7.37. The molecular formula is C25H34N2O3S. The highest BCUT2D eigenvalue weighted by molar-refractivity contribution is 7.98. The highest BCUT2D eigenvalue weighted by atomic mass is 32.2. The number of benzene rings is 2. The van der Waals surface area contributed by atoms with Gasteiger partial charge in [0.15, 0.2) is 0 Å². The Hall–Kier alpha value is -2.47. The number of rotatable bonds is 13. The Morgan fingerprint density at radius 3 is 2.35 bits per heavy atom. The van der Waals surface area contributed by atoms with Crippen LogP contribution in [0.3, 0.4) is 0 Å². The van der Waals surface area contributed by atoms with E-state index < -0.39 is 6.04 Å². The Bertz CT molecular complexity index is 796. The van der Waals surface area contributed by atoms with Crippen LogP contribution in [-0.2, 0) is 21.9 Å². The number of amides is 2. The first-order chi connectivity index (χ1) is 15.1. The molecule has 0 aliphatic heterocycles. The molecule has 0 aliphatic carbocycles. The Balaban J connectivity index is 2.04. The number of methoxy groups -OCH3 is 1. The quantitative estimate of drug-likeness (QED) is 0.459. The van der Waals surface area contributed by atoms with Crippen molar-refractivity contribution < 1.29 is 14.3 Å². The van der Waals surface area contributed by atoms with Gasteiger partial charge in [-0.05, 0) is 36.1 Å². The van der Waals surface area contributed by atoms with Crippen molar-refractivity contribution in [3.63, 3.8) is 0 Å². The summed E-state index contributed by atoms with van der Waals surface area (Å²) in [5.41, 5.74) is 2.23. The van der Waals surface area contributed by atoms with E-state index in [0.29, 0.717) is 25.9 Å². The van der Waals surface area contributed by atoms with Crippen LogP contribution >= 0.6 is 11.8 Å². The Morgan fingerprint density at radius 2 is 1.74 bits per heavy atom. The van der Waals surface area contributed by atoms with Crippen molar-refractivity contribution in [3.8, 4) is 5.75 Å². The molecule has 1 N–H and O–H groups in total. The summed E-state index contributed by atoms with van der Waals surface area (Å²) in [4.78, 5) is 27.7. The van der Waals surface area contributed by atoms with Crippen LogP contribution in [0.1, 0.15) is 44.2 Å². The smallest absolute Gasteiger partial charge is 0.242 e. The molecule has 2 rings (SSSR count). The normalized spacial score (nSPS) is 11.6. The maximum Gasteiger partial charge on any atom is 0.242 e. The molecule has 0 bridgehead atoms. The van der Waals surface area contributed by atoms with Crippen molar-refractivity contribution in [2.75, 3.05) is 19.4 Å². The molecule has 2 aromatic rings. The van der Waals surface area contributed by atoms with Crippen LogP contribution in [0.25, 0.3) is 0 Å². The first-order valence-electron chi connectivity index (χ1n) is 10.9. The third-order valence-electron chi connectivity index (χ3n) is 5.02. The number of nitrogens with one attached hydrogen (secondary N) is 1. The Morgan fingerprint density at radius 1 is 1.03 bits per heavy atom. The van der Waals surface area contributed by atoms with Gasteiger partial charge in [0.25, 0.3) is 0 Å². The number of hydrogen-bond donors (Lipinski definition) is 1. The number of ether oxygens (including phenoxy) is 1. The summed E-state index contributed by atoms with van der Waals surface area (Å²) in [5.74, 6) is 2.30. The predicted molar refractivity (Wildman–Crippen MR) is 128 cm³/mol. The van der Waals surface area contributed by atoms with Gasteiger partial charge in [-0.3, -0.25) is 9.59 Å². The molecular weight excluding hydrogens is 408 g/mol. The van der Waals surface area contributed by atoms with Gasteiger partial charge in [-0.15, -0.1) is 0 Å². The first-order valence-corrected chi connectivity index (χ1v) is 12.1. The van der Waals surface area contributed by atoms with E-state index >= 15 is 0 Å². The molecule has 1 unspecified atom stereocenters. The van der Waals surface area contributed by atoms with E-state index in [2.05, 4.69) is 17.4 Å². The highest BCUT2D eigenvalue weighted by Gasteiger charge is 2.28. The van der Waals surface area contributed by atoms with Gasteiger partial charge >= 0.3 is 0 Å². The monoisotopic (exact) mass is 442 g/mol. The molecule has 0 saturated carbocycles. The van der Waals surface area contributed by atoms with Gasteiger partial charge in [0.2, 0.25) is 11.8 Å². The highest BCUT2D eigenvalue weighted by Crippen LogP contribution is 2.19. The second kappa shape index (κ2) is 13.8. The molecule has 31 heavy (non-hydrogen) atoms. The zero-order valence-electron chi connectivity index (χ0n) is 18.8. The molecule has 5 nitrogen and oxygen atoms in total. The molecule has 0 aliphatic rings. The van der Waals surface area contributed by atoms with Crippen LogP contribution in [0.15, 0.2) is 54.6 Å². The molecule has 0 saturated heterocycles. The summed E-state index contributed by atoms with van der Waals surface area (Å²) >= 11 is 1.74. The molecule has 2 amide bonds. The lowest BCUT2D eigenvalue weighted by atomic mass is 10.1. The fourth-order valence-corrected chi connectivity index (χ4v) is 4.17. The minimum absolute atomic E-state index is 0.00915. The number of thioether (sulfide) groups is 1. The zero-order valence-corrected chi connectivity index (χ0v) is 19.6. The molecule has 168 valence electrons. The van der Waals surface area contributed by atoms with E-state index in [0.717, 1.165) is 29.2 Å². The minimum Gasteiger partial charge on any atom is -0.497 e. The molecule has 6 heteroatoms. The van der Waals surface area contributed by atoms with Gasteiger partial charge in [-0.25, -0.2) is 0 Å². The lowest BCUT2D eigenvalue weighted by molar-refractivity contribution is -0.141. The molecule has 0 aromatic heterocycles. The number of carbonyl (C=O) groups is 2. The maximum absolute atomic E-state index is 13.2. The van der Waals surface area contributed by atoms with Crippen LogP contribution in [0, 0.1) is 0 Å². The maximum atomic E-state index is 13.2. The summed E-state index contributed by atoms with van der Waals surface area (Å²) < 4.78 is 5.23. The lowest BCUT2D eigenvalue weighted by Gasteiger charge is -2.30. The van der Waals surface area contributed by atoms with Gasteiger partial charge in [0.05, 0.1) is 7.11 Å². The van der Waals surface area contributed by atoms with E-state index in [1.165, 1.54) is 5.56 Å². The van der Waals surface area contributed by atoms with Crippen LogP contribution in [0.2, 0.25) is 0 Å². The topological polar surface area (TPSA) is 58.6 Å². The predicted octanol–water partition coefficient (Wildman–Crippen LogP) is 4.65. The van der Waals surface area contributed by atoms with Crippen LogP contribution in [0.5, 0.6) is 5.75 Å². The summed E-state index contributed by atoms with van der Waals surface area (Å²) in [7, 11) is 1.63. The molecule has 0 radical (unpaired) electrons. The molecule has 0 fully saturated rings. The average Bonchev–Trinajstić information content (AvgIpc) is 2.81. The van der Waals surface area contributed by atoms with E-state index in [1.807, 2.05) is 56.3 Å². The van der Waals surface area contributed by atoms with Crippen molar-refractivity contribution in [2.45, 2.75) is 51.4 Å². The van der Waals surface area contributed by atoms with E-state index in [-0.39, 0.29) is 11.8 Å². The van der Waals surface area contributed by atoms with Gasteiger partial charge in [-0.2, -0.15) is 11.8 Å². The van der Waals surface area contributed by atoms with E-state index in [4.69, 9.17) is 4.74 Å². The lowest BCUT2D eigenvalue weighted by Crippen LogP contribution is -2.49. The number of hydrogen-bond acceptors (Lipinski definition) is 4. The van der Waals surface area contributed by atoms with Gasteiger partial charge < -0.3 is 15.0 Å².